The van der Waals surface area contributed by atoms with E-state index in [1.54, 1.807) is 18.2 Å². The van der Waals surface area contributed by atoms with Gasteiger partial charge in [0.15, 0.2) is 0 Å². The zero-order chi connectivity index (χ0) is 11.3. The molecule has 1 rings (SSSR count). The predicted octanol–water partition coefficient (Wildman–Crippen LogP) is 1.32. The molecule has 2 N–H and O–H groups in total. The van der Waals surface area contributed by atoms with Crippen LogP contribution in [0.15, 0.2) is 18.2 Å². The second-order valence-corrected chi connectivity index (χ2v) is 2.70. The van der Waals surface area contributed by atoms with Gasteiger partial charge in [-0.25, -0.2) is 4.79 Å². The first kappa shape index (κ1) is 10.9. The molecule has 15 heavy (non-hydrogen) atoms. The summed E-state index contributed by atoms with van der Waals surface area (Å²) in [5, 5.41) is 13.8. The van der Waals surface area contributed by atoms with Crippen LogP contribution in [0, 0.1) is 11.3 Å². The Morgan fingerprint density at radius 1 is 1.53 bits per heavy atom. The van der Waals surface area contributed by atoms with Crippen molar-refractivity contribution in [1.29, 1.82) is 5.26 Å². The number of methoxy groups -OCH3 is 1. The maximum Gasteiger partial charge on any atom is 0.319 e. The molecule has 0 aromatic heterocycles. The average molecular weight is 205 g/mol. The number of benzene rings is 1. The monoisotopic (exact) mass is 205 g/mol. The molecular weight excluding hydrogens is 194 g/mol. The molecule has 0 fully saturated rings. The highest BCUT2D eigenvalue weighted by Crippen LogP contribution is 2.27. The molecule has 78 valence electrons. The van der Waals surface area contributed by atoms with Crippen LogP contribution < -0.4 is 15.4 Å². The Morgan fingerprint density at radius 3 is 2.80 bits per heavy atom. The van der Waals surface area contributed by atoms with E-state index in [1.807, 2.05) is 6.07 Å². The van der Waals surface area contributed by atoms with Crippen molar-refractivity contribution in [3.05, 3.63) is 23.8 Å². The van der Waals surface area contributed by atoms with E-state index in [4.69, 9.17) is 10.00 Å². The van der Waals surface area contributed by atoms with E-state index in [2.05, 4.69) is 10.6 Å². The van der Waals surface area contributed by atoms with E-state index in [1.165, 1.54) is 14.2 Å². The number of nitrogens with one attached hydrogen (secondary N) is 2. The van der Waals surface area contributed by atoms with Gasteiger partial charge in [0.05, 0.1) is 12.7 Å². The smallest absolute Gasteiger partial charge is 0.319 e. The number of rotatable bonds is 2. The molecule has 0 bridgehead atoms. The van der Waals surface area contributed by atoms with Crippen molar-refractivity contribution in [2.24, 2.45) is 0 Å². The normalized spacial score (nSPS) is 8.87. The average Bonchev–Trinajstić information content (AvgIpc) is 2.29. The van der Waals surface area contributed by atoms with Crippen LogP contribution >= 0.6 is 0 Å². The number of urea groups is 1. The fourth-order valence-electron chi connectivity index (χ4n) is 1.10. The number of amides is 2. The van der Waals surface area contributed by atoms with Gasteiger partial charge in [0.1, 0.15) is 17.5 Å². The van der Waals surface area contributed by atoms with Crippen molar-refractivity contribution in [3.63, 3.8) is 0 Å². The van der Waals surface area contributed by atoms with Gasteiger partial charge in [0.25, 0.3) is 0 Å². The lowest BCUT2D eigenvalue weighted by Crippen LogP contribution is -2.25. The van der Waals surface area contributed by atoms with E-state index in [-0.39, 0.29) is 0 Å². The molecule has 0 saturated heterocycles. The van der Waals surface area contributed by atoms with Gasteiger partial charge in [-0.05, 0) is 12.1 Å². The first-order chi connectivity index (χ1) is 7.22. The summed E-state index contributed by atoms with van der Waals surface area (Å²) in [6.07, 6.45) is 0. The van der Waals surface area contributed by atoms with Gasteiger partial charge in [0.2, 0.25) is 0 Å². The molecule has 1 aromatic rings. The summed E-state index contributed by atoms with van der Waals surface area (Å²) in [6.45, 7) is 0. The Labute approximate surface area is 87.7 Å². The van der Waals surface area contributed by atoms with Gasteiger partial charge in [-0.2, -0.15) is 5.26 Å². The van der Waals surface area contributed by atoms with Crippen LogP contribution in [0.5, 0.6) is 5.75 Å². The Balaban J connectivity index is 3.12. The van der Waals surface area contributed by atoms with Gasteiger partial charge >= 0.3 is 6.03 Å². The van der Waals surface area contributed by atoms with Gasteiger partial charge in [-0.1, -0.05) is 6.07 Å². The van der Waals surface area contributed by atoms with E-state index in [0.29, 0.717) is 17.0 Å². The van der Waals surface area contributed by atoms with E-state index >= 15 is 0 Å². The Hall–Kier alpha value is -2.22. The molecule has 5 nitrogen and oxygen atoms in total. The first-order valence-electron chi connectivity index (χ1n) is 4.28. The molecule has 1 aromatic carbocycles. The SMILES string of the molecule is CNC(=O)Nc1c(C#N)cccc1OC. The molecule has 0 aliphatic rings. The summed E-state index contributed by atoms with van der Waals surface area (Å²) >= 11 is 0. The van der Waals surface area contributed by atoms with Crippen molar-refractivity contribution in [2.75, 3.05) is 19.5 Å². The van der Waals surface area contributed by atoms with Crippen molar-refractivity contribution in [1.82, 2.24) is 5.32 Å². The third-order valence-corrected chi connectivity index (χ3v) is 1.83. The highest BCUT2D eigenvalue weighted by Gasteiger charge is 2.10. The number of carbonyl (C=O) groups excluding carboxylic acids is 1. The van der Waals surface area contributed by atoms with E-state index in [0.717, 1.165) is 0 Å². The van der Waals surface area contributed by atoms with Crippen molar-refractivity contribution in [2.45, 2.75) is 0 Å². The van der Waals surface area contributed by atoms with Gasteiger partial charge in [-0.15, -0.1) is 0 Å². The Morgan fingerprint density at radius 2 is 2.27 bits per heavy atom. The Bertz CT molecular complexity index is 410. The van der Waals surface area contributed by atoms with Crippen LogP contribution in [0.25, 0.3) is 0 Å². The largest absolute Gasteiger partial charge is 0.495 e. The molecule has 0 spiro atoms. The van der Waals surface area contributed by atoms with Crippen LogP contribution in [0.1, 0.15) is 5.56 Å². The van der Waals surface area contributed by atoms with Crippen LogP contribution in [0.4, 0.5) is 10.5 Å². The number of nitriles is 1. The second-order valence-electron chi connectivity index (χ2n) is 2.70. The number of hydrogen-bond acceptors (Lipinski definition) is 3. The molecule has 5 heteroatoms. The highest BCUT2D eigenvalue weighted by molar-refractivity contribution is 5.92. The van der Waals surface area contributed by atoms with Crippen molar-refractivity contribution < 1.29 is 9.53 Å². The molecule has 0 aliphatic heterocycles. The standard InChI is InChI=1S/C10H11N3O2/c1-12-10(14)13-9-7(6-11)4-3-5-8(9)15-2/h3-5H,1-2H3,(H2,12,13,14). The minimum Gasteiger partial charge on any atom is -0.495 e. The number of nitrogens with zero attached hydrogens (tertiary/aromatic N) is 1. The minimum atomic E-state index is -0.393. The summed E-state index contributed by atoms with van der Waals surface area (Å²) in [7, 11) is 2.97. The topological polar surface area (TPSA) is 74.2 Å². The molecular formula is C10H11N3O2. The van der Waals surface area contributed by atoms with Crippen LogP contribution in [-0.2, 0) is 0 Å². The summed E-state index contributed by atoms with van der Waals surface area (Å²) < 4.78 is 5.04. The predicted molar refractivity (Wildman–Crippen MR) is 55.8 cm³/mol. The van der Waals surface area contributed by atoms with Crippen molar-refractivity contribution >= 4 is 11.7 Å². The number of hydrogen-bond donors (Lipinski definition) is 2. The summed E-state index contributed by atoms with van der Waals surface area (Å²) in [4.78, 5) is 11.1. The van der Waals surface area contributed by atoms with E-state index < -0.39 is 6.03 Å². The molecule has 0 unspecified atom stereocenters. The van der Waals surface area contributed by atoms with E-state index in [9.17, 15) is 4.79 Å². The lowest BCUT2D eigenvalue weighted by molar-refractivity contribution is 0.254. The third kappa shape index (κ3) is 2.38. The quantitative estimate of drug-likeness (QED) is 0.764. The fraction of sp³-hybridized carbons (Fsp3) is 0.200. The molecule has 2 amide bonds. The van der Waals surface area contributed by atoms with Crippen LogP contribution in [0.2, 0.25) is 0 Å². The van der Waals surface area contributed by atoms with Gasteiger partial charge in [-0.3, -0.25) is 0 Å². The lowest BCUT2D eigenvalue weighted by Gasteiger charge is -2.10. The third-order valence-electron chi connectivity index (χ3n) is 1.83. The second kappa shape index (κ2) is 4.86. The summed E-state index contributed by atoms with van der Waals surface area (Å²) in [5.41, 5.74) is 0.736. The highest BCUT2D eigenvalue weighted by atomic mass is 16.5. The molecule has 0 atom stereocenters. The minimum absolute atomic E-state index is 0.359. The lowest BCUT2D eigenvalue weighted by atomic mass is 10.2. The fourth-order valence-corrected chi connectivity index (χ4v) is 1.10. The maximum absolute atomic E-state index is 11.1. The zero-order valence-electron chi connectivity index (χ0n) is 8.50. The van der Waals surface area contributed by atoms with Crippen LogP contribution in [0.3, 0.4) is 0 Å². The molecule has 0 heterocycles. The molecule has 0 radical (unpaired) electrons. The number of para-hydroxylation sites is 1. The number of ether oxygens (including phenoxy) is 1. The number of anilines is 1. The van der Waals surface area contributed by atoms with Crippen molar-refractivity contribution in [3.8, 4) is 11.8 Å². The first-order valence-corrected chi connectivity index (χ1v) is 4.28. The van der Waals surface area contributed by atoms with Gasteiger partial charge < -0.3 is 15.4 Å². The molecule has 0 saturated carbocycles. The zero-order valence-corrected chi connectivity index (χ0v) is 8.50. The van der Waals surface area contributed by atoms with Crippen LogP contribution in [-0.4, -0.2) is 20.2 Å². The summed E-state index contributed by atoms with van der Waals surface area (Å²) in [6, 6.07) is 6.55. The summed E-state index contributed by atoms with van der Waals surface area (Å²) in [5.74, 6) is 0.456. The number of carbonyl (C=O) groups is 1. The van der Waals surface area contributed by atoms with Gasteiger partial charge in [0, 0.05) is 7.05 Å². The Kier molecular flexibility index (Phi) is 3.52. The maximum atomic E-state index is 11.1. The molecule has 0 aliphatic carbocycles.